The minimum absolute atomic E-state index is 0.0130. The fraction of sp³-hybridized carbons (Fsp3) is 0.562. The second-order valence-corrected chi connectivity index (χ2v) is 6.02. The number of hydrogen-bond donors (Lipinski definition) is 2. The molecule has 3 N–H and O–H groups in total. The molecule has 21 heavy (non-hydrogen) atoms. The van der Waals surface area contributed by atoms with Crippen LogP contribution in [0.4, 0.5) is 11.4 Å². The highest BCUT2D eigenvalue weighted by Gasteiger charge is 2.34. The normalized spacial score (nSPS) is 24.5. The number of nitrogens with two attached hydrogens (primary N) is 1. The fourth-order valence-electron chi connectivity index (χ4n) is 2.77. The van der Waals surface area contributed by atoms with E-state index >= 15 is 0 Å². The van der Waals surface area contributed by atoms with Crippen LogP contribution in [0.2, 0.25) is 0 Å². The van der Waals surface area contributed by atoms with Crippen LogP contribution in [0, 0.1) is 0 Å². The average molecular weight is 291 g/mol. The summed E-state index contributed by atoms with van der Waals surface area (Å²) >= 11 is 0. The molecular weight excluding hydrogens is 266 g/mol. The van der Waals surface area contributed by atoms with E-state index in [0.29, 0.717) is 5.69 Å². The van der Waals surface area contributed by atoms with Gasteiger partial charge < -0.3 is 15.8 Å². The molecule has 2 atom stereocenters. The summed E-state index contributed by atoms with van der Waals surface area (Å²) in [7, 11) is 1.74. The second-order valence-electron chi connectivity index (χ2n) is 6.02. The highest BCUT2D eigenvalue weighted by Crippen LogP contribution is 2.25. The number of anilines is 2. The predicted octanol–water partition coefficient (Wildman–Crippen LogP) is 2.10. The Labute approximate surface area is 126 Å². The van der Waals surface area contributed by atoms with Crippen molar-refractivity contribution in [2.24, 2.45) is 0 Å². The summed E-state index contributed by atoms with van der Waals surface area (Å²) in [6.45, 7) is 5.73. The predicted molar refractivity (Wildman–Crippen MR) is 85.2 cm³/mol. The number of methoxy groups -OCH3 is 1. The van der Waals surface area contributed by atoms with Gasteiger partial charge in [0.1, 0.15) is 0 Å². The molecule has 1 fully saturated rings. The Kier molecular flexibility index (Phi) is 4.85. The van der Waals surface area contributed by atoms with Crippen molar-refractivity contribution in [1.82, 2.24) is 4.90 Å². The van der Waals surface area contributed by atoms with Crippen molar-refractivity contribution in [2.75, 3.05) is 31.2 Å². The minimum atomic E-state index is -0.193. The van der Waals surface area contributed by atoms with Crippen LogP contribution in [0.1, 0.15) is 26.7 Å². The number of nitrogen functional groups attached to an aromatic ring is 1. The van der Waals surface area contributed by atoms with E-state index in [-0.39, 0.29) is 17.6 Å². The van der Waals surface area contributed by atoms with Gasteiger partial charge in [-0.1, -0.05) is 6.07 Å². The quantitative estimate of drug-likeness (QED) is 0.834. The van der Waals surface area contributed by atoms with Crippen LogP contribution in [0.3, 0.4) is 0 Å². The SMILES string of the molecule is COC1(C)CCCN(C(C)C(=O)Nc2cccc(N)c2)C1. The highest BCUT2D eigenvalue weighted by molar-refractivity contribution is 5.94. The summed E-state index contributed by atoms with van der Waals surface area (Å²) in [5.74, 6) is -0.0130. The topological polar surface area (TPSA) is 67.6 Å². The summed E-state index contributed by atoms with van der Waals surface area (Å²) in [5, 5.41) is 2.92. The first-order valence-electron chi connectivity index (χ1n) is 7.39. The van der Waals surface area contributed by atoms with Crippen molar-refractivity contribution < 1.29 is 9.53 Å². The lowest BCUT2D eigenvalue weighted by Gasteiger charge is -2.41. The molecule has 0 aromatic heterocycles. The van der Waals surface area contributed by atoms with Crippen molar-refractivity contribution in [2.45, 2.75) is 38.3 Å². The molecule has 1 amide bonds. The number of carbonyl (C=O) groups is 1. The Morgan fingerprint density at radius 3 is 2.95 bits per heavy atom. The van der Waals surface area contributed by atoms with Gasteiger partial charge in [-0.2, -0.15) is 0 Å². The highest BCUT2D eigenvalue weighted by atomic mass is 16.5. The first kappa shape index (κ1) is 15.8. The monoisotopic (exact) mass is 291 g/mol. The summed E-state index contributed by atoms with van der Waals surface area (Å²) in [5.41, 5.74) is 6.94. The second kappa shape index (κ2) is 6.45. The zero-order valence-electron chi connectivity index (χ0n) is 13.1. The molecule has 0 aliphatic carbocycles. The molecule has 0 radical (unpaired) electrons. The van der Waals surface area contributed by atoms with Gasteiger partial charge in [-0.3, -0.25) is 9.69 Å². The van der Waals surface area contributed by atoms with Crippen LogP contribution >= 0.6 is 0 Å². The number of hydrogen-bond acceptors (Lipinski definition) is 4. The van der Waals surface area contributed by atoms with Crippen LogP contribution in [-0.2, 0) is 9.53 Å². The van der Waals surface area contributed by atoms with Gasteiger partial charge in [0.15, 0.2) is 0 Å². The molecule has 0 saturated carbocycles. The summed E-state index contributed by atoms with van der Waals surface area (Å²) in [6, 6.07) is 7.05. The van der Waals surface area contributed by atoms with Gasteiger partial charge in [0.25, 0.3) is 0 Å². The van der Waals surface area contributed by atoms with Gasteiger partial charge in [-0.15, -0.1) is 0 Å². The van der Waals surface area contributed by atoms with Gasteiger partial charge in [-0.05, 0) is 51.4 Å². The Balaban J connectivity index is 1.99. The van der Waals surface area contributed by atoms with E-state index in [1.54, 1.807) is 19.2 Å². The van der Waals surface area contributed by atoms with Crippen molar-refractivity contribution in [1.29, 1.82) is 0 Å². The molecule has 1 aliphatic heterocycles. The van der Waals surface area contributed by atoms with Crippen molar-refractivity contribution in [3.05, 3.63) is 24.3 Å². The smallest absolute Gasteiger partial charge is 0.241 e. The number of ether oxygens (including phenoxy) is 1. The lowest BCUT2D eigenvalue weighted by molar-refractivity contribution is -0.124. The van der Waals surface area contributed by atoms with Crippen LogP contribution in [0.5, 0.6) is 0 Å². The molecule has 1 aromatic rings. The summed E-state index contributed by atoms with van der Waals surface area (Å²) in [4.78, 5) is 14.6. The summed E-state index contributed by atoms with van der Waals surface area (Å²) < 4.78 is 5.58. The van der Waals surface area contributed by atoms with Crippen LogP contribution in [0.15, 0.2) is 24.3 Å². The number of amides is 1. The molecule has 116 valence electrons. The molecule has 2 unspecified atom stereocenters. The van der Waals surface area contributed by atoms with E-state index in [2.05, 4.69) is 17.1 Å². The summed E-state index contributed by atoms with van der Waals surface area (Å²) in [6.07, 6.45) is 2.07. The standard InChI is InChI=1S/C16H25N3O2/c1-12(19-9-5-8-16(2,11-19)21-3)15(20)18-14-7-4-6-13(17)10-14/h4,6-7,10,12H,5,8-9,11,17H2,1-3H3,(H,18,20). The molecule has 5 nitrogen and oxygen atoms in total. The number of nitrogens with zero attached hydrogens (tertiary/aromatic N) is 1. The van der Waals surface area contributed by atoms with Gasteiger partial charge in [0.05, 0.1) is 11.6 Å². The first-order valence-corrected chi connectivity index (χ1v) is 7.39. The molecule has 5 heteroatoms. The Morgan fingerprint density at radius 2 is 2.29 bits per heavy atom. The molecular formula is C16H25N3O2. The van der Waals surface area contributed by atoms with Gasteiger partial charge in [-0.25, -0.2) is 0 Å². The van der Waals surface area contributed by atoms with E-state index in [9.17, 15) is 4.79 Å². The molecule has 1 aromatic carbocycles. The average Bonchev–Trinajstić information content (AvgIpc) is 2.46. The number of likely N-dealkylation sites (tertiary alicyclic amines) is 1. The third-order valence-electron chi connectivity index (χ3n) is 4.26. The zero-order valence-corrected chi connectivity index (χ0v) is 13.1. The van der Waals surface area contributed by atoms with Crippen LogP contribution < -0.4 is 11.1 Å². The minimum Gasteiger partial charge on any atom is -0.399 e. The Hall–Kier alpha value is -1.59. The number of piperidine rings is 1. The van der Waals surface area contributed by atoms with E-state index in [1.807, 2.05) is 19.1 Å². The molecule has 2 rings (SSSR count). The largest absolute Gasteiger partial charge is 0.399 e. The van der Waals surface area contributed by atoms with E-state index in [1.165, 1.54) is 0 Å². The zero-order chi connectivity index (χ0) is 15.5. The maximum absolute atomic E-state index is 12.4. The number of benzene rings is 1. The molecule has 1 saturated heterocycles. The lowest BCUT2D eigenvalue weighted by atomic mass is 9.93. The molecule has 0 spiro atoms. The number of rotatable bonds is 4. The van der Waals surface area contributed by atoms with E-state index < -0.39 is 0 Å². The van der Waals surface area contributed by atoms with Gasteiger partial charge >= 0.3 is 0 Å². The number of carbonyl (C=O) groups excluding carboxylic acids is 1. The van der Waals surface area contributed by atoms with Crippen molar-refractivity contribution in [3.63, 3.8) is 0 Å². The van der Waals surface area contributed by atoms with E-state index in [4.69, 9.17) is 10.5 Å². The van der Waals surface area contributed by atoms with E-state index in [0.717, 1.165) is 31.6 Å². The Morgan fingerprint density at radius 1 is 1.52 bits per heavy atom. The van der Waals surface area contributed by atoms with Crippen LogP contribution in [0.25, 0.3) is 0 Å². The van der Waals surface area contributed by atoms with Crippen molar-refractivity contribution in [3.8, 4) is 0 Å². The number of nitrogens with one attached hydrogen (secondary N) is 1. The molecule has 0 bridgehead atoms. The molecule has 1 heterocycles. The first-order chi connectivity index (χ1) is 9.93. The molecule has 1 aliphatic rings. The van der Waals surface area contributed by atoms with Gasteiger partial charge in [0, 0.05) is 25.0 Å². The Bertz CT molecular complexity index is 506. The maximum atomic E-state index is 12.4. The van der Waals surface area contributed by atoms with Crippen molar-refractivity contribution >= 4 is 17.3 Å². The fourth-order valence-corrected chi connectivity index (χ4v) is 2.77. The third-order valence-corrected chi connectivity index (χ3v) is 4.26. The third kappa shape index (κ3) is 3.95. The maximum Gasteiger partial charge on any atom is 0.241 e. The lowest BCUT2D eigenvalue weighted by Crippen LogP contribution is -2.53. The van der Waals surface area contributed by atoms with Gasteiger partial charge in [0.2, 0.25) is 5.91 Å². The van der Waals surface area contributed by atoms with Crippen LogP contribution in [-0.4, -0.2) is 42.6 Å².